The van der Waals surface area contributed by atoms with Gasteiger partial charge in [-0.05, 0) is 43.3 Å². The molecule has 3 aromatic carbocycles. The molecule has 31 heavy (non-hydrogen) atoms. The summed E-state index contributed by atoms with van der Waals surface area (Å²) in [6.07, 6.45) is -0.872. The van der Waals surface area contributed by atoms with Gasteiger partial charge in [-0.15, -0.1) is 5.10 Å². The van der Waals surface area contributed by atoms with Crippen molar-refractivity contribution in [2.75, 3.05) is 5.32 Å². The third kappa shape index (κ3) is 4.30. The molecule has 156 valence electrons. The molecule has 0 fully saturated rings. The lowest BCUT2D eigenvalue weighted by atomic mass is 10.1. The second kappa shape index (κ2) is 8.39. The van der Waals surface area contributed by atoms with Gasteiger partial charge in [0.15, 0.2) is 0 Å². The van der Waals surface area contributed by atoms with E-state index in [-0.39, 0.29) is 23.3 Å². The van der Waals surface area contributed by atoms with Gasteiger partial charge in [0.1, 0.15) is 5.82 Å². The molecule has 1 atom stereocenters. The van der Waals surface area contributed by atoms with Gasteiger partial charge >= 0.3 is 0 Å². The number of anilines is 1. The molecule has 4 rings (SSSR count). The van der Waals surface area contributed by atoms with Crippen molar-refractivity contribution >= 4 is 23.4 Å². The van der Waals surface area contributed by atoms with Crippen molar-refractivity contribution in [1.29, 1.82) is 0 Å². The maximum atomic E-state index is 14.2. The second-order valence-electron chi connectivity index (χ2n) is 7.16. The van der Waals surface area contributed by atoms with E-state index in [2.05, 4.69) is 10.4 Å². The number of amides is 2. The predicted molar refractivity (Wildman–Crippen MR) is 115 cm³/mol. The quantitative estimate of drug-likeness (QED) is 0.673. The largest absolute Gasteiger partial charge is 0.446 e. The van der Waals surface area contributed by atoms with Crippen molar-refractivity contribution < 1.29 is 18.7 Å². The third-order valence-electron chi connectivity index (χ3n) is 4.81. The van der Waals surface area contributed by atoms with Gasteiger partial charge in [0, 0.05) is 23.7 Å². The highest BCUT2D eigenvalue weighted by atomic mass is 19.1. The molecular formula is C24H20FN3O3. The van der Waals surface area contributed by atoms with Gasteiger partial charge in [0.25, 0.3) is 5.91 Å². The number of carbonyl (C=O) groups excluding carboxylic acids is 2. The average Bonchev–Trinajstić information content (AvgIpc) is 3.20. The molecule has 2 amide bonds. The summed E-state index contributed by atoms with van der Waals surface area (Å²) in [7, 11) is 0. The van der Waals surface area contributed by atoms with Crippen LogP contribution in [-0.4, -0.2) is 22.7 Å². The topological polar surface area (TPSA) is 71.0 Å². The number of nitrogens with one attached hydrogen (secondary N) is 1. The van der Waals surface area contributed by atoms with E-state index in [1.54, 1.807) is 48.5 Å². The Morgan fingerprint density at radius 2 is 1.77 bits per heavy atom. The molecule has 7 heteroatoms. The molecule has 6 nitrogen and oxygen atoms in total. The van der Waals surface area contributed by atoms with Crippen LogP contribution in [0.25, 0.3) is 0 Å². The zero-order valence-corrected chi connectivity index (χ0v) is 17.0. The first-order valence-electron chi connectivity index (χ1n) is 9.70. The lowest BCUT2D eigenvalue weighted by Crippen LogP contribution is -2.25. The number of halogens is 1. The van der Waals surface area contributed by atoms with E-state index in [4.69, 9.17) is 4.74 Å². The Kier molecular flexibility index (Phi) is 5.49. The number of aryl methyl sites for hydroxylation is 1. The Balaban J connectivity index is 1.58. The highest BCUT2D eigenvalue weighted by molar-refractivity contribution is 6.04. The SMILES string of the molecule is CC(=O)N1N=C(c2ccccc2F)O[C@@H]1c1cccc(NC(=O)c2ccc(C)cc2)c1. The molecule has 1 heterocycles. The number of hydrogen-bond donors (Lipinski definition) is 1. The second-order valence-corrected chi connectivity index (χ2v) is 7.16. The first-order chi connectivity index (χ1) is 14.9. The van der Waals surface area contributed by atoms with E-state index in [0.29, 0.717) is 16.8 Å². The molecule has 1 aliphatic heterocycles. The Bertz CT molecular complexity index is 1170. The van der Waals surface area contributed by atoms with E-state index < -0.39 is 12.0 Å². The predicted octanol–water partition coefficient (Wildman–Crippen LogP) is 4.63. The van der Waals surface area contributed by atoms with Crippen LogP contribution in [0.3, 0.4) is 0 Å². The van der Waals surface area contributed by atoms with Crippen LogP contribution in [0, 0.1) is 12.7 Å². The molecule has 0 radical (unpaired) electrons. The number of ether oxygens (including phenoxy) is 1. The smallest absolute Gasteiger partial charge is 0.255 e. The maximum absolute atomic E-state index is 14.2. The Morgan fingerprint density at radius 3 is 2.48 bits per heavy atom. The zero-order chi connectivity index (χ0) is 22.0. The van der Waals surface area contributed by atoms with Crippen molar-refractivity contribution in [3.8, 4) is 0 Å². The molecule has 0 aliphatic carbocycles. The van der Waals surface area contributed by atoms with Crippen LogP contribution < -0.4 is 5.32 Å². The molecule has 0 aromatic heterocycles. The molecule has 0 saturated heterocycles. The van der Waals surface area contributed by atoms with Crippen molar-refractivity contribution in [3.63, 3.8) is 0 Å². The van der Waals surface area contributed by atoms with Crippen molar-refractivity contribution in [2.24, 2.45) is 5.10 Å². The summed E-state index contributed by atoms with van der Waals surface area (Å²) in [5, 5.41) is 8.17. The number of nitrogens with zero attached hydrogens (tertiary/aromatic N) is 2. The van der Waals surface area contributed by atoms with E-state index >= 15 is 0 Å². The van der Waals surface area contributed by atoms with E-state index in [1.807, 2.05) is 19.1 Å². The molecule has 0 bridgehead atoms. The number of hydrazone groups is 1. The number of carbonyl (C=O) groups is 2. The molecule has 0 unspecified atom stereocenters. The molecule has 0 saturated carbocycles. The van der Waals surface area contributed by atoms with Crippen LogP contribution in [0.1, 0.15) is 40.2 Å². The standard InChI is InChI=1S/C24H20FN3O3/c1-15-10-12-17(13-11-15)22(30)26-19-7-5-6-18(14-19)24-28(16(2)29)27-23(31-24)20-8-3-4-9-21(20)25/h3-14,24H,1-2H3,(H,26,30)/t24-/m1/s1. The van der Waals surface area contributed by atoms with Crippen LogP contribution in [0.5, 0.6) is 0 Å². The average molecular weight is 417 g/mol. The van der Waals surface area contributed by atoms with E-state index in [0.717, 1.165) is 10.6 Å². The Hall–Kier alpha value is -4.00. The molecule has 3 aromatic rings. The minimum Gasteiger partial charge on any atom is -0.446 e. The van der Waals surface area contributed by atoms with Gasteiger partial charge in [-0.2, -0.15) is 5.01 Å². The summed E-state index contributed by atoms with van der Waals surface area (Å²) < 4.78 is 20.0. The fraction of sp³-hybridized carbons (Fsp3) is 0.125. The summed E-state index contributed by atoms with van der Waals surface area (Å²) in [6.45, 7) is 3.30. The van der Waals surface area contributed by atoms with Gasteiger partial charge in [-0.1, -0.05) is 42.0 Å². The summed E-state index contributed by atoms with van der Waals surface area (Å²) >= 11 is 0. The van der Waals surface area contributed by atoms with Gasteiger partial charge in [-0.25, -0.2) is 4.39 Å². The fourth-order valence-electron chi connectivity index (χ4n) is 3.20. The van der Waals surface area contributed by atoms with Crippen LogP contribution in [0.15, 0.2) is 77.9 Å². The number of rotatable bonds is 4. The summed E-state index contributed by atoms with van der Waals surface area (Å²) in [5.41, 5.74) is 2.89. The first kappa shape index (κ1) is 20.3. The highest BCUT2D eigenvalue weighted by Crippen LogP contribution is 2.32. The van der Waals surface area contributed by atoms with Crippen LogP contribution in [-0.2, 0) is 9.53 Å². The minimum absolute atomic E-state index is 0.0207. The van der Waals surface area contributed by atoms with Crippen LogP contribution >= 0.6 is 0 Å². The van der Waals surface area contributed by atoms with Gasteiger partial charge in [0.05, 0.1) is 5.56 Å². The molecule has 0 spiro atoms. The normalized spacial score (nSPS) is 15.3. The minimum atomic E-state index is -0.872. The lowest BCUT2D eigenvalue weighted by molar-refractivity contribution is -0.135. The molecular weight excluding hydrogens is 397 g/mol. The first-order valence-corrected chi connectivity index (χ1v) is 9.70. The van der Waals surface area contributed by atoms with Crippen molar-refractivity contribution in [1.82, 2.24) is 5.01 Å². The fourth-order valence-corrected chi connectivity index (χ4v) is 3.20. The van der Waals surface area contributed by atoms with Gasteiger partial charge < -0.3 is 10.1 Å². The third-order valence-corrected chi connectivity index (χ3v) is 4.81. The molecule has 1 aliphatic rings. The lowest BCUT2D eigenvalue weighted by Gasteiger charge is -2.20. The highest BCUT2D eigenvalue weighted by Gasteiger charge is 2.34. The Morgan fingerprint density at radius 1 is 1.03 bits per heavy atom. The van der Waals surface area contributed by atoms with Gasteiger partial charge in [0.2, 0.25) is 18.0 Å². The number of hydrogen-bond acceptors (Lipinski definition) is 4. The van der Waals surface area contributed by atoms with E-state index in [1.165, 1.54) is 19.1 Å². The van der Waals surface area contributed by atoms with Crippen LogP contribution in [0.4, 0.5) is 10.1 Å². The maximum Gasteiger partial charge on any atom is 0.255 e. The summed E-state index contributed by atoms with van der Waals surface area (Å²) in [6, 6.07) is 20.2. The summed E-state index contributed by atoms with van der Waals surface area (Å²) in [5.74, 6) is -1.08. The molecule has 1 N–H and O–H groups in total. The van der Waals surface area contributed by atoms with Gasteiger partial charge in [-0.3, -0.25) is 9.59 Å². The number of benzene rings is 3. The zero-order valence-electron chi connectivity index (χ0n) is 17.0. The van der Waals surface area contributed by atoms with Crippen molar-refractivity contribution in [2.45, 2.75) is 20.1 Å². The van der Waals surface area contributed by atoms with Crippen LogP contribution in [0.2, 0.25) is 0 Å². The van der Waals surface area contributed by atoms with Crippen molar-refractivity contribution in [3.05, 3.63) is 101 Å². The Labute approximate surface area is 179 Å². The van der Waals surface area contributed by atoms with E-state index in [9.17, 15) is 14.0 Å². The monoisotopic (exact) mass is 417 g/mol. The summed E-state index contributed by atoms with van der Waals surface area (Å²) in [4.78, 5) is 24.7.